The fourth-order valence-electron chi connectivity index (χ4n) is 2.01. The molecule has 9 nitrogen and oxygen atoms in total. The van der Waals surface area contributed by atoms with Crippen molar-refractivity contribution in [2.45, 2.75) is 0 Å². The summed E-state index contributed by atoms with van der Waals surface area (Å²) in [6.45, 7) is 0. The van der Waals surface area contributed by atoms with Crippen molar-refractivity contribution in [3.8, 4) is 5.88 Å². The number of aromatic hydroxyl groups is 1. The Bertz CT molecular complexity index is 1030. The van der Waals surface area contributed by atoms with Crippen LogP contribution in [-0.4, -0.2) is 30.4 Å². The summed E-state index contributed by atoms with van der Waals surface area (Å²) in [5.41, 5.74) is 1.35. The number of fused-ring (bicyclic) bond motifs is 1. The fraction of sp³-hybridized carbons (Fsp3) is 0.154. The van der Waals surface area contributed by atoms with E-state index in [0.29, 0.717) is 5.82 Å². The van der Waals surface area contributed by atoms with E-state index in [1.807, 2.05) is 11.4 Å². The van der Waals surface area contributed by atoms with Crippen molar-refractivity contribution < 1.29 is 5.11 Å². The summed E-state index contributed by atoms with van der Waals surface area (Å²) in [6, 6.07) is 1.85. The molecule has 0 radical (unpaired) electrons. The third-order valence-corrected chi connectivity index (χ3v) is 4.11. The summed E-state index contributed by atoms with van der Waals surface area (Å²) in [4.78, 5) is 32.7. The Hall–Kier alpha value is -3.01. The molecule has 0 bridgehead atoms. The second-order valence-electron chi connectivity index (χ2n) is 4.67. The molecule has 0 fully saturated rings. The largest absolute Gasteiger partial charge is 0.494 e. The summed E-state index contributed by atoms with van der Waals surface area (Å²) in [6.07, 6.45) is 2.55. The van der Waals surface area contributed by atoms with Gasteiger partial charge >= 0.3 is 5.69 Å². The normalized spacial score (nSPS) is 11.4. The lowest BCUT2D eigenvalue weighted by Crippen LogP contribution is -2.38. The van der Waals surface area contributed by atoms with Gasteiger partial charge in [-0.25, -0.2) is 14.8 Å². The monoisotopic (exact) mass is 332 g/mol. The number of nitrogens with one attached hydrogen (secondary N) is 1. The topological polar surface area (TPSA) is 114 Å². The predicted molar refractivity (Wildman–Crippen MR) is 87.2 cm³/mol. The number of nitrogens with zero attached hydrogens (tertiary/aromatic N) is 5. The zero-order valence-corrected chi connectivity index (χ0v) is 13.0. The fourth-order valence-corrected chi connectivity index (χ4v) is 2.74. The number of rotatable bonds is 3. The van der Waals surface area contributed by atoms with E-state index in [-0.39, 0.29) is 5.56 Å². The van der Waals surface area contributed by atoms with Crippen LogP contribution in [0, 0.1) is 0 Å². The third kappa shape index (κ3) is 2.48. The number of hydrazone groups is 1. The quantitative estimate of drug-likeness (QED) is 0.524. The van der Waals surface area contributed by atoms with E-state index in [0.717, 1.165) is 25.6 Å². The van der Waals surface area contributed by atoms with Gasteiger partial charge in [0.2, 0.25) is 5.88 Å². The lowest BCUT2D eigenvalue weighted by molar-refractivity contribution is 0.410. The van der Waals surface area contributed by atoms with E-state index in [4.69, 9.17) is 0 Å². The molecule has 0 aliphatic heterocycles. The summed E-state index contributed by atoms with van der Waals surface area (Å²) < 4.78 is 1.85. The minimum atomic E-state index is -0.639. The van der Waals surface area contributed by atoms with Gasteiger partial charge in [0.15, 0.2) is 5.82 Å². The van der Waals surface area contributed by atoms with Gasteiger partial charge in [-0.3, -0.25) is 19.4 Å². The van der Waals surface area contributed by atoms with Crippen molar-refractivity contribution in [3.05, 3.63) is 44.2 Å². The van der Waals surface area contributed by atoms with Gasteiger partial charge in [-0.05, 0) is 11.4 Å². The lowest BCUT2D eigenvalue weighted by atomic mass is 10.3. The molecule has 0 saturated carbocycles. The van der Waals surface area contributed by atoms with Crippen molar-refractivity contribution in [1.29, 1.82) is 0 Å². The molecule has 0 amide bonds. The van der Waals surface area contributed by atoms with Crippen LogP contribution in [0.1, 0.15) is 5.56 Å². The molecule has 0 saturated heterocycles. The van der Waals surface area contributed by atoms with Gasteiger partial charge in [0.25, 0.3) is 5.56 Å². The SMILES string of the molecule is Cn1c(O)c(C=NNc2ncnc3sccc23)c(=O)n(C)c1=O. The van der Waals surface area contributed by atoms with Crippen molar-refractivity contribution in [2.24, 2.45) is 19.2 Å². The average Bonchev–Trinajstić information content (AvgIpc) is 3.03. The highest BCUT2D eigenvalue weighted by Gasteiger charge is 2.13. The molecule has 10 heteroatoms. The van der Waals surface area contributed by atoms with Crippen LogP contribution < -0.4 is 16.7 Å². The van der Waals surface area contributed by atoms with E-state index < -0.39 is 17.1 Å². The number of thiophene rings is 1. The van der Waals surface area contributed by atoms with Crippen molar-refractivity contribution in [1.82, 2.24) is 19.1 Å². The van der Waals surface area contributed by atoms with Crippen LogP contribution in [0.5, 0.6) is 5.88 Å². The Balaban J connectivity index is 1.97. The first-order valence-corrected chi connectivity index (χ1v) is 7.35. The number of anilines is 1. The smallest absolute Gasteiger partial charge is 0.333 e. The molecule has 0 spiro atoms. The molecule has 3 aromatic heterocycles. The zero-order chi connectivity index (χ0) is 16.6. The molecule has 0 aliphatic rings. The van der Waals surface area contributed by atoms with Gasteiger partial charge in [-0.1, -0.05) is 0 Å². The first-order valence-electron chi connectivity index (χ1n) is 6.47. The standard InChI is InChI=1S/C13H12N6O3S/c1-18-11(20)8(12(21)19(2)13(18)22)5-16-17-9-7-3-4-23-10(7)15-6-14-9/h3-6,20H,1-2H3,(H,14,15,17). The van der Waals surface area contributed by atoms with Gasteiger partial charge in [0.1, 0.15) is 16.7 Å². The molecule has 3 rings (SSSR count). The molecular formula is C13H12N6O3S. The molecule has 118 valence electrons. The second-order valence-corrected chi connectivity index (χ2v) is 5.57. The first kappa shape index (κ1) is 14.9. The molecule has 3 aromatic rings. The molecule has 3 heterocycles. The molecule has 0 aromatic carbocycles. The lowest BCUT2D eigenvalue weighted by Gasteiger charge is -2.07. The Morgan fingerprint density at radius 3 is 2.87 bits per heavy atom. The maximum atomic E-state index is 12.0. The molecule has 0 unspecified atom stereocenters. The highest BCUT2D eigenvalue weighted by molar-refractivity contribution is 7.16. The highest BCUT2D eigenvalue weighted by atomic mass is 32.1. The molecular weight excluding hydrogens is 320 g/mol. The summed E-state index contributed by atoms with van der Waals surface area (Å²) in [5.74, 6) is 0.0284. The van der Waals surface area contributed by atoms with Crippen LogP contribution in [-0.2, 0) is 14.1 Å². The van der Waals surface area contributed by atoms with Crippen LogP contribution in [0.4, 0.5) is 5.82 Å². The minimum Gasteiger partial charge on any atom is -0.494 e. The van der Waals surface area contributed by atoms with Crippen molar-refractivity contribution >= 4 is 33.6 Å². The van der Waals surface area contributed by atoms with E-state index >= 15 is 0 Å². The van der Waals surface area contributed by atoms with Crippen LogP contribution in [0.2, 0.25) is 0 Å². The molecule has 23 heavy (non-hydrogen) atoms. The Labute approximate surface area is 133 Å². The van der Waals surface area contributed by atoms with Gasteiger partial charge < -0.3 is 5.11 Å². The Kier molecular flexibility index (Phi) is 3.66. The number of hydrogen-bond donors (Lipinski definition) is 2. The van der Waals surface area contributed by atoms with Gasteiger partial charge in [-0.2, -0.15) is 5.10 Å². The maximum absolute atomic E-state index is 12.0. The molecule has 0 aliphatic carbocycles. The number of hydrogen-bond acceptors (Lipinski definition) is 8. The minimum absolute atomic E-state index is 0.0993. The van der Waals surface area contributed by atoms with Crippen LogP contribution in [0.25, 0.3) is 10.2 Å². The average molecular weight is 332 g/mol. The summed E-state index contributed by atoms with van der Waals surface area (Å²) >= 11 is 1.47. The van der Waals surface area contributed by atoms with Gasteiger partial charge in [-0.15, -0.1) is 11.3 Å². The first-order chi connectivity index (χ1) is 11.0. The summed E-state index contributed by atoms with van der Waals surface area (Å²) in [7, 11) is 2.69. The Morgan fingerprint density at radius 1 is 1.30 bits per heavy atom. The van der Waals surface area contributed by atoms with Gasteiger partial charge in [0, 0.05) is 14.1 Å². The van der Waals surface area contributed by atoms with Crippen LogP contribution in [0.3, 0.4) is 0 Å². The van der Waals surface area contributed by atoms with E-state index in [2.05, 4.69) is 20.5 Å². The second kappa shape index (κ2) is 5.65. The highest BCUT2D eigenvalue weighted by Crippen LogP contribution is 2.23. The predicted octanol–water partition coefficient (Wildman–Crippen LogP) is 0.240. The van der Waals surface area contributed by atoms with E-state index in [9.17, 15) is 14.7 Å². The summed E-state index contributed by atoms with van der Waals surface area (Å²) in [5, 5.41) is 16.5. The zero-order valence-electron chi connectivity index (χ0n) is 12.2. The maximum Gasteiger partial charge on any atom is 0.333 e. The molecule has 0 atom stereocenters. The Morgan fingerprint density at radius 2 is 2.09 bits per heavy atom. The number of aromatic nitrogens is 4. The van der Waals surface area contributed by atoms with Crippen molar-refractivity contribution in [2.75, 3.05) is 5.43 Å². The van der Waals surface area contributed by atoms with E-state index in [1.165, 1.54) is 31.8 Å². The van der Waals surface area contributed by atoms with Crippen LogP contribution >= 0.6 is 11.3 Å². The van der Waals surface area contributed by atoms with Crippen LogP contribution in [0.15, 0.2) is 32.5 Å². The van der Waals surface area contributed by atoms with Gasteiger partial charge in [0.05, 0.1) is 11.6 Å². The molecule has 2 N–H and O–H groups in total. The third-order valence-electron chi connectivity index (χ3n) is 3.29. The van der Waals surface area contributed by atoms with E-state index in [1.54, 1.807) is 0 Å². The van der Waals surface area contributed by atoms with Crippen molar-refractivity contribution in [3.63, 3.8) is 0 Å².